The molecule has 1 aromatic carbocycles. The predicted molar refractivity (Wildman–Crippen MR) is 111 cm³/mol. The van der Waals surface area contributed by atoms with Crippen LogP contribution in [0.3, 0.4) is 0 Å². The molecular weight excluding hydrogens is 350 g/mol. The molecule has 2 amide bonds. The number of likely N-dealkylation sites (tertiary alicyclic amines) is 2. The Hall–Kier alpha value is -1.88. The lowest BCUT2D eigenvalue weighted by Crippen LogP contribution is -2.43. The molecule has 152 valence electrons. The monoisotopic (exact) mass is 383 g/mol. The maximum Gasteiger partial charge on any atom is 0.228 e. The molecule has 0 atom stereocenters. The second-order valence-corrected chi connectivity index (χ2v) is 8.53. The summed E-state index contributed by atoms with van der Waals surface area (Å²) in [5, 5.41) is 0. The van der Waals surface area contributed by atoms with Gasteiger partial charge in [0.2, 0.25) is 11.8 Å². The molecule has 3 heterocycles. The Labute approximate surface area is 168 Å². The second-order valence-electron chi connectivity index (χ2n) is 8.53. The Morgan fingerprint density at radius 1 is 0.893 bits per heavy atom. The Morgan fingerprint density at radius 2 is 1.61 bits per heavy atom. The predicted octanol–water partition coefficient (Wildman–Crippen LogP) is 3.08. The van der Waals surface area contributed by atoms with Crippen LogP contribution in [-0.2, 0) is 16.0 Å². The summed E-state index contributed by atoms with van der Waals surface area (Å²) in [7, 11) is 0. The van der Waals surface area contributed by atoms with Gasteiger partial charge in [0.15, 0.2) is 0 Å². The molecule has 3 aliphatic heterocycles. The highest BCUT2D eigenvalue weighted by Crippen LogP contribution is 2.28. The number of amides is 2. The molecular formula is C23H33N3O2. The fourth-order valence-electron chi connectivity index (χ4n) is 4.94. The van der Waals surface area contributed by atoms with Gasteiger partial charge < -0.3 is 14.7 Å². The summed E-state index contributed by atoms with van der Waals surface area (Å²) in [5.41, 5.74) is 2.37. The third-order valence-electron chi connectivity index (χ3n) is 6.68. The van der Waals surface area contributed by atoms with E-state index >= 15 is 0 Å². The van der Waals surface area contributed by atoms with Gasteiger partial charge in [-0.25, -0.2) is 0 Å². The fourth-order valence-corrected chi connectivity index (χ4v) is 4.94. The van der Waals surface area contributed by atoms with E-state index in [9.17, 15) is 9.59 Å². The van der Waals surface area contributed by atoms with E-state index in [0.717, 1.165) is 77.1 Å². The zero-order chi connectivity index (χ0) is 19.3. The van der Waals surface area contributed by atoms with Crippen molar-refractivity contribution in [1.82, 2.24) is 9.80 Å². The van der Waals surface area contributed by atoms with Gasteiger partial charge in [0, 0.05) is 44.2 Å². The molecule has 0 aromatic heterocycles. The standard InChI is InChI=1S/C23H33N3O2/c27-22(26-18-11-19-7-3-4-8-21(19)26)12-17-24-15-9-20(10-16-24)23(28)25-13-5-1-2-6-14-25/h3-4,7-8,20H,1-2,5-6,9-18H2. The summed E-state index contributed by atoms with van der Waals surface area (Å²) in [6, 6.07) is 8.23. The molecule has 28 heavy (non-hydrogen) atoms. The van der Waals surface area contributed by atoms with Gasteiger partial charge in [-0.1, -0.05) is 31.0 Å². The Morgan fingerprint density at radius 3 is 2.36 bits per heavy atom. The minimum atomic E-state index is 0.190. The van der Waals surface area contributed by atoms with Crippen molar-refractivity contribution in [2.24, 2.45) is 5.92 Å². The molecule has 1 aromatic rings. The average Bonchev–Trinajstić information content (AvgIpc) is 2.98. The highest BCUT2D eigenvalue weighted by Gasteiger charge is 2.29. The van der Waals surface area contributed by atoms with Crippen molar-refractivity contribution in [3.05, 3.63) is 29.8 Å². The quantitative estimate of drug-likeness (QED) is 0.803. The topological polar surface area (TPSA) is 43.9 Å². The summed E-state index contributed by atoms with van der Waals surface area (Å²) in [6.45, 7) is 5.39. The van der Waals surface area contributed by atoms with Crippen LogP contribution in [0.15, 0.2) is 24.3 Å². The molecule has 2 fully saturated rings. The van der Waals surface area contributed by atoms with Gasteiger partial charge in [0.25, 0.3) is 0 Å². The van der Waals surface area contributed by atoms with Crippen LogP contribution >= 0.6 is 0 Å². The lowest BCUT2D eigenvalue weighted by Gasteiger charge is -2.34. The highest BCUT2D eigenvalue weighted by molar-refractivity contribution is 5.95. The molecule has 0 aliphatic carbocycles. The van der Waals surface area contributed by atoms with E-state index in [-0.39, 0.29) is 11.8 Å². The molecule has 0 N–H and O–H groups in total. The Kier molecular flexibility index (Phi) is 6.30. The van der Waals surface area contributed by atoms with Gasteiger partial charge in [0.1, 0.15) is 0 Å². The van der Waals surface area contributed by atoms with Crippen LogP contribution in [0.4, 0.5) is 5.69 Å². The molecule has 2 saturated heterocycles. The average molecular weight is 384 g/mol. The first-order chi connectivity index (χ1) is 13.7. The van der Waals surface area contributed by atoms with Crippen LogP contribution in [0.2, 0.25) is 0 Å². The van der Waals surface area contributed by atoms with Crippen LogP contribution in [0.1, 0.15) is 50.5 Å². The summed E-state index contributed by atoms with van der Waals surface area (Å²) in [5.74, 6) is 0.800. The molecule has 0 unspecified atom stereocenters. The smallest absolute Gasteiger partial charge is 0.228 e. The number of fused-ring (bicyclic) bond motifs is 1. The number of anilines is 1. The van der Waals surface area contributed by atoms with Crippen LogP contribution in [0, 0.1) is 5.92 Å². The third kappa shape index (κ3) is 4.40. The first kappa shape index (κ1) is 19.4. The van der Waals surface area contributed by atoms with Crippen molar-refractivity contribution in [2.75, 3.05) is 44.2 Å². The number of hydrogen-bond donors (Lipinski definition) is 0. The van der Waals surface area contributed by atoms with Crippen LogP contribution < -0.4 is 4.90 Å². The first-order valence-electron chi connectivity index (χ1n) is 11.1. The van der Waals surface area contributed by atoms with E-state index in [1.165, 1.54) is 18.4 Å². The second kappa shape index (κ2) is 9.08. The SMILES string of the molecule is O=C(C1CCN(CCC(=O)N2CCc3ccccc32)CC1)N1CCCCCC1. The minimum Gasteiger partial charge on any atom is -0.342 e. The van der Waals surface area contributed by atoms with Gasteiger partial charge in [-0.05, 0) is 56.8 Å². The van der Waals surface area contributed by atoms with E-state index in [4.69, 9.17) is 0 Å². The van der Waals surface area contributed by atoms with Crippen molar-refractivity contribution in [3.63, 3.8) is 0 Å². The van der Waals surface area contributed by atoms with Crippen molar-refractivity contribution in [2.45, 2.75) is 51.4 Å². The minimum absolute atomic E-state index is 0.190. The Bertz CT molecular complexity index is 689. The van der Waals surface area contributed by atoms with E-state index in [1.807, 2.05) is 17.0 Å². The third-order valence-corrected chi connectivity index (χ3v) is 6.68. The van der Waals surface area contributed by atoms with Crippen LogP contribution in [-0.4, -0.2) is 60.9 Å². The number of piperidine rings is 1. The Balaban J connectivity index is 1.22. The van der Waals surface area contributed by atoms with Crippen molar-refractivity contribution < 1.29 is 9.59 Å². The summed E-state index contributed by atoms with van der Waals surface area (Å²) in [6.07, 6.45) is 8.26. The molecule has 5 heteroatoms. The van der Waals surface area contributed by atoms with Crippen molar-refractivity contribution in [3.8, 4) is 0 Å². The number of para-hydroxylation sites is 1. The van der Waals surface area contributed by atoms with Crippen LogP contribution in [0.5, 0.6) is 0 Å². The molecule has 0 saturated carbocycles. The van der Waals surface area contributed by atoms with Gasteiger partial charge in [-0.2, -0.15) is 0 Å². The van der Waals surface area contributed by atoms with E-state index in [2.05, 4.69) is 21.9 Å². The lowest BCUT2D eigenvalue weighted by atomic mass is 9.95. The van der Waals surface area contributed by atoms with E-state index < -0.39 is 0 Å². The zero-order valence-electron chi connectivity index (χ0n) is 16.9. The van der Waals surface area contributed by atoms with Crippen molar-refractivity contribution in [1.29, 1.82) is 0 Å². The highest BCUT2D eigenvalue weighted by atomic mass is 16.2. The molecule has 0 radical (unpaired) electrons. The molecule has 4 rings (SSSR count). The molecule has 0 bridgehead atoms. The maximum absolute atomic E-state index is 12.8. The summed E-state index contributed by atoms with van der Waals surface area (Å²) in [4.78, 5) is 31.9. The van der Waals surface area contributed by atoms with E-state index in [0.29, 0.717) is 12.3 Å². The summed E-state index contributed by atoms with van der Waals surface area (Å²) < 4.78 is 0. The zero-order valence-corrected chi connectivity index (χ0v) is 16.9. The first-order valence-corrected chi connectivity index (χ1v) is 11.1. The summed E-state index contributed by atoms with van der Waals surface area (Å²) >= 11 is 0. The number of carbonyl (C=O) groups is 2. The number of hydrogen-bond acceptors (Lipinski definition) is 3. The largest absolute Gasteiger partial charge is 0.342 e. The normalized spacial score (nSPS) is 21.4. The van der Waals surface area contributed by atoms with Gasteiger partial charge >= 0.3 is 0 Å². The van der Waals surface area contributed by atoms with Crippen LogP contribution in [0.25, 0.3) is 0 Å². The fraction of sp³-hybridized carbons (Fsp3) is 0.652. The number of carbonyl (C=O) groups excluding carboxylic acids is 2. The molecule has 3 aliphatic rings. The lowest BCUT2D eigenvalue weighted by molar-refractivity contribution is -0.137. The van der Waals surface area contributed by atoms with E-state index in [1.54, 1.807) is 0 Å². The maximum atomic E-state index is 12.8. The van der Waals surface area contributed by atoms with Gasteiger partial charge in [-0.3, -0.25) is 9.59 Å². The number of nitrogens with zero attached hydrogens (tertiary/aromatic N) is 3. The van der Waals surface area contributed by atoms with Crippen molar-refractivity contribution >= 4 is 17.5 Å². The number of benzene rings is 1. The van der Waals surface area contributed by atoms with Gasteiger partial charge in [-0.15, -0.1) is 0 Å². The van der Waals surface area contributed by atoms with Gasteiger partial charge in [0.05, 0.1) is 0 Å². The number of rotatable bonds is 4. The molecule has 5 nitrogen and oxygen atoms in total. The molecule has 0 spiro atoms.